The van der Waals surface area contributed by atoms with Crippen molar-refractivity contribution in [1.29, 1.82) is 0 Å². The molecule has 0 aliphatic heterocycles. The molecule has 0 radical (unpaired) electrons. The van der Waals surface area contributed by atoms with E-state index in [9.17, 15) is 28.1 Å². The van der Waals surface area contributed by atoms with Gasteiger partial charge in [0.25, 0.3) is 5.69 Å². The second-order valence-electron chi connectivity index (χ2n) is 5.54. The van der Waals surface area contributed by atoms with E-state index in [-0.39, 0.29) is 21.5 Å². The van der Waals surface area contributed by atoms with E-state index in [1.807, 2.05) is 0 Å². The van der Waals surface area contributed by atoms with Gasteiger partial charge in [0.15, 0.2) is 12.4 Å². The van der Waals surface area contributed by atoms with Gasteiger partial charge in [0.1, 0.15) is 5.69 Å². The number of nitrogens with one attached hydrogen (secondary N) is 1. The molecule has 0 atom stereocenters. The van der Waals surface area contributed by atoms with Crippen LogP contribution in [0.3, 0.4) is 0 Å². The van der Waals surface area contributed by atoms with Crippen LogP contribution in [0.15, 0.2) is 35.4 Å². The molecule has 0 aliphatic carbocycles. The van der Waals surface area contributed by atoms with Gasteiger partial charge in [-0.15, -0.1) is 0 Å². The Hall–Kier alpha value is -3.05. The Morgan fingerprint density at radius 1 is 1.27 bits per heavy atom. The van der Waals surface area contributed by atoms with E-state index in [1.165, 1.54) is 25.5 Å². The zero-order chi connectivity index (χ0) is 22.5. The Labute approximate surface area is 177 Å². The van der Waals surface area contributed by atoms with Crippen LogP contribution in [0, 0.1) is 10.1 Å². The standard InChI is InChI=1S/C17H12Cl2F3N3O5/c1-29-15(26)8-30-16-11(18)4-9(5-12(16)19)7-23-24-13-3-2-10(17(20,21)22)6-14(13)25(27)28/h2-7,24H,8H2,1H3/b23-7-. The fourth-order valence-corrected chi connectivity index (χ4v) is 2.72. The van der Waals surface area contributed by atoms with Crippen LogP contribution < -0.4 is 10.2 Å². The predicted molar refractivity (Wildman–Crippen MR) is 103 cm³/mol. The maximum Gasteiger partial charge on any atom is 0.416 e. The molecule has 2 aromatic rings. The first-order valence-corrected chi connectivity index (χ1v) is 8.62. The quantitative estimate of drug-likeness (QED) is 0.269. The van der Waals surface area contributed by atoms with Crippen molar-refractivity contribution in [2.24, 2.45) is 5.10 Å². The van der Waals surface area contributed by atoms with Gasteiger partial charge in [-0.2, -0.15) is 18.3 Å². The first kappa shape index (κ1) is 23.2. The molecule has 2 aromatic carbocycles. The van der Waals surface area contributed by atoms with Crippen molar-refractivity contribution in [3.63, 3.8) is 0 Å². The van der Waals surface area contributed by atoms with Crippen LogP contribution in [-0.2, 0) is 15.7 Å². The molecule has 0 saturated carbocycles. The Morgan fingerprint density at radius 2 is 1.90 bits per heavy atom. The number of esters is 1. The fraction of sp³-hybridized carbons (Fsp3) is 0.176. The smallest absolute Gasteiger partial charge is 0.416 e. The van der Waals surface area contributed by atoms with Gasteiger partial charge in [-0.3, -0.25) is 15.5 Å². The number of anilines is 1. The van der Waals surface area contributed by atoms with Crippen molar-refractivity contribution >= 4 is 46.8 Å². The SMILES string of the molecule is COC(=O)COc1c(Cl)cc(/C=N\Nc2ccc(C(F)(F)F)cc2[N+](=O)[O-])cc1Cl. The molecule has 0 fully saturated rings. The highest BCUT2D eigenvalue weighted by Crippen LogP contribution is 2.35. The zero-order valence-corrected chi connectivity index (χ0v) is 16.5. The number of hydrogen-bond acceptors (Lipinski definition) is 7. The highest BCUT2D eigenvalue weighted by atomic mass is 35.5. The van der Waals surface area contributed by atoms with E-state index in [2.05, 4.69) is 15.3 Å². The number of carbonyl (C=O) groups is 1. The van der Waals surface area contributed by atoms with Crippen molar-refractivity contribution in [1.82, 2.24) is 0 Å². The lowest BCUT2D eigenvalue weighted by Crippen LogP contribution is -2.13. The lowest BCUT2D eigenvalue weighted by atomic mass is 10.1. The van der Waals surface area contributed by atoms with Crippen molar-refractivity contribution in [3.8, 4) is 5.75 Å². The highest BCUT2D eigenvalue weighted by Gasteiger charge is 2.33. The average Bonchev–Trinajstić information content (AvgIpc) is 2.66. The monoisotopic (exact) mass is 465 g/mol. The number of methoxy groups -OCH3 is 1. The van der Waals surface area contributed by atoms with Crippen molar-refractivity contribution in [2.45, 2.75) is 6.18 Å². The molecule has 0 heterocycles. The predicted octanol–water partition coefficient (Wildman–Crippen LogP) is 4.92. The molecule has 0 unspecified atom stereocenters. The third-order valence-corrected chi connectivity index (χ3v) is 4.06. The summed E-state index contributed by atoms with van der Waals surface area (Å²) < 4.78 is 47.8. The Bertz CT molecular complexity index is 976. The third-order valence-electron chi connectivity index (χ3n) is 3.50. The first-order valence-electron chi connectivity index (χ1n) is 7.86. The molecule has 0 bridgehead atoms. The third kappa shape index (κ3) is 5.97. The molecular weight excluding hydrogens is 454 g/mol. The van der Waals surface area contributed by atoms with Crippen LogP contribution >= 0.6 is 23.2 Å². The van der Waals surface area contributed by atoms with E-state index in [1.54, 1.807) is 0 Å². The normalized spacial score (nSPS) is 11.4. The summed E-state index contributed by atoms with van der Waals surface area (Å²) >= 11 is 12.1. The summed E-state index contributed by atoms with van der Waals surface area (Å²) in [4.78, 5) is 21.2. The van der Waals surface area contributed by atoms with Gasteiger partial charge >= 0.3 is 12.1 Å². The summed E-state index contributed by atoms with van der Waals surface area (Å²) in [6.07, 6.45) is -3.54. The molecule has 0 spiro atoms. The van der Waals surface area contributed by atoms with E-state index in [4.69, 9.17) is 27.9 Å². The van der Waals surface area contributed by atoms with Crippen LogP contribution in [0.1, 0.15) is 11.1 Å². The van der Waals surface area contributed by atoms with Crippen molar-refractivity contribution < 1.29 is 32.4 Å². The van der Waals surface area contributed by atoms with Gasteiger partial charge in [0.2, 0.25) is 0 Å². The maximum absolute atomic E-state index is 12.7. The largest absolute Gasteiger partial charge is 0.479 e. The van der Waals surface area contributed by atoms with Gasteiger partial charge in [-0.1, -0.05) is 23.2 Å². The van der Waals surface area contributed by atoms with Gasteiger partial charge in [0, 0.05) is 6.07 Å². The Balaban J connectivity index is 2.19. The number of nitro groups is 1. The molecule has 0 aliphatic rings. The molecule has 0 aromatic heterocycles. The second kappa shape index (κ2) is 9.63. The van der Waals surface area contributed by atoms with Crippen LogP contribution in [0.2, 0.25) is 10.0 Å². The molecule has 2 rings (SSSR count). The minimum absolute atomic E-state index is 0.0345. The fourth-order valence-electron chi connectivity index (χ4n) is 2.11. The summed E-state index contributed by atoms with van der Waals surface area (Å²) in [5, 5.41) is 14.9. The van der Waals surface area contributed by atoms with Crippen LogP contribution in [0.4, 0.5) is 24.5 Å². The minimum Gasteiger partial charge on any atom is -0.479 e. The van der Waals surface area contributed by atoms with Crippen LogP contribution in [0.5, 0.6) is 5.75 Å². The van der Waals surface area contributed by atoms with E-state index in [0.29, 0.717) is 17.7 Å². The Kier molecular flexibility index (Phi) is 7.46. The minimum atomic E-state index is -4.72. The molecule has 0 amide bonds. The number of halogens is 5. The van der Waals surface area contributed by atoms with Crippen LogP contribution in [0.25, 0.3) is 0 Å². The van der Waals surface area contributed by atoms with Gasteiger partial charge in [-0.05, 0) is 29.8 Å². The van der Waals surface area contributed by atoms with E-state index in [0.717, 1.165) is 6.07 Å². The summed E-state index contributed by atoms with van der Waals surface area (Å²) in [6.45, 7) is -0.414. The molecule has 30 heavy (non-hydrogen) atoms. The molecular formula is C17H12Cl2F3N3O5. The number of alkyl halides is 3. The van der Waals surface area contributed by atoms with Crippen LogP contribution in [-0.4, -0.2) is 30.8 Å². The molecule has 13 heteroatoms. The zero-order valence-electron chi connectivity index (χ0n) is 15.0. The topological polar surface area (TPSA) is 103 Å². The molecule has 160 valence electrons. The number of hydrazone groups is 1. The lowest BCUT2D eigenvalue weighted by molar-refractivity contribution is -0.384. The number of nitrogens with zero attached hydrogens (tertiary/aromatic N) is 2. The molecule has 8 nitrogen and oxygen atoms in total. The van der Waals surface area contributed by atoms with Gasteiger partial charge in [-0.25, -0.2) is 4.79 Å². The molecule has 0 saturated heterocycles. The number of ether oxygens (including phenoxy) is 2. The summed E-state index contributed by atoms with van der Waals surface area (Å²) in [7, 11) is 1.18. The number of benzene rings is 2. The highest BCUT2D eigenvalue weighted by molar-refractivity contribution is 6.37. The number of rotatable bonds is 7. The summed E-state index contributed by atoms with van der Waals surface area (Å²) in [6, 6.07) is 4.74. The maximum atomic E-state index is 12.7. The molecule has 1 N–H and O–H groups in total. The van der Waals surface area contributed by atoms with Gasteiger partial charge < -0.3 is 9.47 Å². The number of nitro benzene ring substituents is 1. The average molecular weight is 466 g/mol. The Morgan fingerprint density at radius 3 is 2.43 bits per heavy atom. The van der Waals surface area contributed by atoms with Crippen molar-refractivity contribution in [2.75, 3.05) is 19.1 Å². The summed E-state index contributed by atoms with van der Waals surface area (Å²) in [5.74, 6) is -0.609. The van der Waals surface area contributed by atoms with E-state index >= 15 is 0 Å². The van der Waals surface area contributed by atoms with Gasteiger partial charge in [0.05, 0.1) is 33.9 Å². The van der Waals surface area contributed by atoms with Crippen molar-refractivity contribution in [3.05, 3.63) is 61.6 Å². The lowest BCUT2D eigenvalue weighted by Gasteiger charge is -2.10. The summed E-state index contributed by atoms with van der Waals surface area (Å²) in [5.41, 5.74) is 0.436. The van der Waals surface area contributed by atoms with E-state index < -0.39 is 34.9 Å². The second-order valence-corrected chi connectivity index (χ2v) is 6.35. The number of hydrogen-bond donors (Lipinski definition) is 1. The number of carbonyl (C=O) groups excluding carboxylic acids is 1. The first-order chi connectivity index (χ1) is 14.0.